The van der Waals surface area contributed by atoms with E-state index in [2.05, 4.69) is 27.0 Å². The Morgan fingerprint density at radius 1 is 1.60 bits per heavy atom. The summed E-state index contributed by atoms with van der Waals surface area (Å²) in [5.74, 6) is 1.17. The number of hydrogen-bond acceptors (Lipinski definition) is 3. The van der Waals surface area contributed by atoms with E-state index in [9.17, 15) is 0 Å². The molecule has 1 aliphatic carbocycles. The van der Waals surface area contributed by atoms with Crippen LogP contribution in [0.4, 0.5) is 0 Å². The maximum absolute atomic E-state index is 4.35. The molecular weight excluding hydrogens is 188 g/mol. The summed E-state index contributed by atoms with van der Waals surface area (Å²) >= 11 is 0. The highest BCUT2D eigenvalue weighted by Gasteiger charge is 2.40. The van der Waals surface area contributed by atoms with Crippen LogP contribution < -0.4 is 5.32 Å². The molecule has 1 N–H and O–H groups in total. The summed E-state index contributed by atoms with van der Waals surface area (Å²) in [6.07, 6.45) is 8.07. The first kappa shape index (κ1) is 9.33. The third-order valence-corrected chi connectivity index (χ3v) is 3.79. The molecule has 1 atom stereocenters. The Labute approximate surface area is 90.1 Å². The van der Waals surface area contributed by atoms with Crippen molar-refractivity contribution < 1.29 is 0 Å². The van der Waals surface area contributed by atoms with Gasteiger partial charge in [0.05, 0.1) is 5.54 Å². The Bertz CT molecular complexity index is 347. The van der Waals surface area contributed by atoms with Crippen LogP contribution in [0.5, 0.6) is 0 Å². The summed E-state index contributed by atoms with van der Waals surface area (Å²) in [6.45, 7) is 3.36. The van der Waals surface area contributed by atoms with Gasteiger partial charge in [-0.2, -0.15) is 0 Å². The van der Waals surface area contributed by atoms with E-state index >= 15 is 0 Å². The molecule has 3 rings (SSSR count). The van der Waals surface area contributed by atoms with Crippen LogP contribution in [0, 0.1) is 0 Å². The molecule has 4 heteroatoms. The highest BCUT2D eigenvalue weighted by molar-refractivity contribution is 5.11. The second-order valence-corrected chi connectivity index (χ2v) is 4.76. The Kier molecular flexibility index (Phi) is 2.06. The monoisotopic (exact) mass is 206 g/mol. The second kappa shape index (κ2) is 3.30. The summed E-state index contributed by atoms with van der Waals surface area (Å²) in [5.41, 5.74) is 0.110. The molecule has 0 amide bonds. The third-order valence-electron chi connectivity index (χ3n) is 3.79. The molecule has 1 saturated carbocycles. The van der Waals surface area contributed by atoms with E-state index in [-0.39, 0.29) is 5.54 Å². The first-order chi connectivity index (χ1) is 7.36. The first-order valence-electron chi connectivity index (χ1n) is 6.01. The zero-order valence-electron chi connectivity index (χ0n) is 9.24. The first-order valence-corrected chi connectivity index (χ1v) is 6.01. The molecule has 1 unspecified atom stereocenters. The molecule has 4 nitrogen and oxygen atoms in total. The topological polar surface area (TPSA) is 42.7 Å². The molecule has 0 bridgehead atoms. The van der Waals surface area contributed by atoms with E-state index in [1.165, 1.54) is 31.5 Å². The summed E-state index contributed by atoms with van der Waals surface area (Å²) in [5, 5.41) is 12.1. The van der Waals surface area contributed by atoms with Gasteiger partial charge in [0, 0.05) is 6.04 Å². The Balaban J connectivity index is 1.98. The highest BCUT2D eigenvalue weighted by Crippen LogP contribution is 2.40. The van der Waals surface area contributed by atoms with Crippen LogP contribution in [0.15, 0.2) is 6.33 Å². The predicted octanol–water partition coefficient (Wildman–Crippen LogP) is 1.60. The zero-order valence-corrected chi connectivity index (χ0v) is 9.24. The molecule has 1 aliphatic heterocycles. The van der Waals surface area contributed by atoms with Crippen LogP contribution >= 0.6 is 0 Å². The number of hydrogen-bond donors (Lipinski definition) is 1. The van der Waals surface area contributed by atoms with Crippen molar-refractivity contribution in [3.8, 4) is 0 Å². The molecule has 82 valence electrons. The summed E-state index contributed by atoms with van der Waals surface area (Å²) < 4.78 is 2.29. The fourth-order valence-corrected chi connectivity index (χ4v) is 2.66. The lowest BCUT2D eigenvalue weighted by molar-refractivity contribution is 0.336. The average Bonchev–Trinajstić information content (AvgIpc) is 2.84. The summed E-state index contributed by atoms with van der Waals surface area (Å²) in [4.78, 5) is 0. The Morgan fingerprint density at radius 3 is 3.07 bits per heavy atom. The van der Waals surface area contributed by atoms with Crippen molar-refractivity contribution in [1.29, 1.82) is 0 Å². The minimum atomic E-state index is 0.110. The normalized spacial score (nSPS) is 31.0. The number of aromatic nitrogens is 3. The van der Waals surface area contributed by atoms with Gasteiger partial charge < -0.3 is 9.88 Å². The van der Waals surface area contributed by atoms with Gasteiger partial charge in [0.25, 0.3) is 0 Å². The van der Waals surface area contributed by atoms with Crippen molar-refractivity contribution in [2.75, 3.05) is 6.54 Å². The van der Waals surface area contributed by atoms with Crippen molar-refractivity contribution >= 4 is 0 Å². The van der Waals surface area contributed by atoms with Gasteiger partial charge in [0.15, 0.2) is 5.82 Å². The molecule has 2 fully saturated rings. The highest BCUT2D eigenvalue weighted by atomic mass is 15.3. The Morgan fingerprint density at radius 2 is 2.47 bits per heavy atom. The van der Waals surface area contributed by atoms with E-state index in [1.807, 2.05) is 6.33 Å². The lowest BCUT2D eigenvalue weighted by Gasteiger charge is -2.27. The maximum Gasteiger partial charge on any atom is 0.153 e. The minimum absolute atomic E-state index is 0.110. The number of nitrogens with zero attached hydrogens (tertiary/aromatic N) is 3. The van der Waals surface area contributed by atoms with Gasteiger partial charge in [0.1, 0.15) is 6.33 Å². The number of nitrogens with one attached hydrogen (secondary N) is 1. The van der Waals surface area contributed by atoms with E-state index in [0.29, 0.717) is 6.04 Å². The summed E-state index contributed by atoms with van der Waals surface area (Å²) in [6, 6.07) is 0.681. The van der Waals surface area contributed by atoms with Crippen LogP contribution in [0.2, 0.25) is 0 Å². The fraction of sp³-hybridized carbons (Fsp3) is 0.818. The molecule has 1 saturated heterocycles. The van der Waals surface area contributed by atoms with Gasteiger partial charge in [-0.25, -0.2) is 0 Å². The zero-order chi connectivity index (χ0) is 10.3. The second-order valence-electron chi connectivity index (χ2n) is 4.76. The van der Waals surface area contributed by atoms with E-state index in [1.54, 1.807) is 0 Å². The van der Waals surface area contributed by atoms with Crippen LogP contribution in [0.25, 0.3) is 0 Å². The summed E-state index contributed by atoms with van der Waals surface area (Å²) in [7, 11) is 0. The molecule has 2 heterocycles. The predicted molar refractivity (Wildman–Crippen MR) is 57.5 cm³/mol. The third kappa shape index (κ3) is 1.39. The van der Waals surface area contributed by atoms with Crippen molar-refractivity contribution in [2.45, 2.75) is 50.6 Å². The van der Waals surface area contributed by atoms with E-state index in [0.717, 1.165) is 13.0 Å². The molecule has 2 aliphatic rings. The van der Waals surface area contributed by atoms with Crippen molar-refractivity contribution in [3.05, 3.63) is 12.2 Å². The van der Waals surface area contributed by atoms with Gasteiger partial charge >= 0.3 is 0 Å². The van der Waals surface area contributed by atoms with E-state index in [4.69, 9.17) is 0 Å². The van der Waals surface area contributed by atoms with Gasteiger partial charge in [0.2, 0.25) is 0 Å². The lowest BCUT2D eigenvalue weighted by atomic mass is 9.93. The maximum atomic E-state index is 4.35. The minimum Gasteiger partial charge on any atom is -0.313 e. The molecular formula is C11H18N4. The van der Waals surface area contributed by atoms with Crippen molar-refractivity contribution in [1.82, 2.24) is 20.1 Å². The van der Waals surface area contributed by atoms with Gasteiger partial charge in [-0.1, -0.05) is 6.92 Å². The SMILES string of the molecule is CCC1(c2nncn2C2CC2)CCCN1. The van der Waals surface area contributed by atoms with Gasteiger partial charge in [-0.3, -0.25) is 0 Å². The smallest absolute Gasteiger partial charge is 0.153 e. The molecule has 0 radical (unpaired) electrons. The molecule has 1 aromatic rings. The van der Waals surface area contributed by atoms with Crippen LogP contribution in [0.3, 0.4) is 0 Å². The number of rotatable bonds is 3. The fourth-order valence-electron chi connectivity index (χ4n) is 2.66. The Hall–Kier alpha value is -0.900. The standard InChI is InChI=1S/C11H18N4/c1-2-11(6-3-7-12-11)10-14-13-8-15(10)9-4-5-9/h8-9,12H,2-7H2,1H3. The van der Waals surface area contributed by atoms with Crippen LogP contribution in [-0.4, -0.2) is 21.3 Å². The van der Waals surface area contributed by atoms with E-state index < -0.39 is 0 Å². The van der Waals surface area contributed by atoms with Crippen LogP contribution in [-0.2, 0) is 5.54 Å². The van der Waals surface area contributed by atoms with Gasteiger partial charge in [-0.15, -0.1) is 10.2 Å². The molecule has 0 aromatic carbocycles. The van der Waals surface area contributed by atoms with Crippen molar-refractivity contribution in [3.63, 3.8) is 0 Å². The molecule has 1 aromatic heterocycles. The largest absolute Gasteiger partial charge is 0.313 e. The molecule has 0 spiro atoms. The van der Waals surface area contributed by atoms with Crippen molar-refractivity contribution in [2.24, 2.45) is 0 Å². The average molecular weight is 206 g/mol. The van der Waals surface area contributed by atoms with Gasteiger partial charge in [-0.05, 0) is 38.6 Å². The molecule has 15 heavy (non-hydrogen) atoms. The quantitative estimate of drug-likeness (QED) is 0.817. The lowest BCUT2D eigenvalue weighted by Crippen LogP contribution is -2.38. The van der Waals surface area contributed by atoms with Crippen LogP contribution in [0.1, 0.15) is 50.9 Å².